The van der Waals surface area contributed by atoms with Crippen LogP contribution in [0.15, 0.2) is 28.9 Å². The summed E-state index contributed by atoms with van der Waals surface area (Å²) in [5.41, 5.74) is 0.455. The van der Waals surface area contributed by atoms with Gasteiger partial charge < -0.3 is 24.1 Å². The standard InChI is InChI=1S/C17H19Cl2N3O5/c1-25-7-3-6-22(9-15-20-14(10-27-15)16(23)26-2)17(24)21-13-5-4-11(18)8-12(13)19/h4-5,8,10H,3,6-7,9H2,1-2H3,(H,21,24). The number of esters is 1. The third kappa shape index (κ3) is 6.13. The number of rotatable bonds is 8. The van der Waals surface area contributed by atoms with Gasteiger partial charge in [0.25, 0.3) is 0 Å². The number of oxazole rings is 1. The quantitative estimate of drug-likeness (QED) is 0.519. The molecule has 1 N–H and O–H groups in total. The van der Waals surface area contributed by atoms with Gasteiger partial charge in [0.2, 0.25) is 5.89 Å². The number of hydrogen-bond donors (Lipinski definition) is 1. The average Bonchev–Trinajstić information content (AvgIpc) is 3.11. The fourth-order valence-electron chi connectivity index (χ4n) is 2.18. The molecule has 0 spiro atoms. The van der Waals surface area contributed by atoms with E-state index in [1.165, 1.54) is 24.3 Å². The van der Waals surface area contributed by atoms with Crippen LogP contribution in [0.2, 0.25) is 10.0 Å². The fourth-order valence-corrected chi connectivity index (χ4v) is 2.64. The van der Waals surface area contributed by atoms with E-state index >= 15 is 0 Å². The lowest BCUT2D eigenvalue weighted by atomic mass is 10.3. The van der Waals surface area contributed by atoms with E-state index in [2.05, 4.69) is 15.0 Å². The molecule has 146 valence electrons. The highest BCUT2D eigenvalue weighted by molar-refractivity contribution is 6.36. The Morgan fingerprint density at radius 3 is 2.74 bits per heavy atom. The summed E-state index contributed by atoms with van der Waals surface area (Å²) in [6.45, 7) is 0.906. The van der Waals surface area contributed by atoms with E-state index in [9.17, 15) is 9.59 Å². The fraction of sp³-hybridized carbons (Fsp3) is 0.353. The van der Waals surface area contributed by atoms with Crippen LogP contribution in [0.25, 0.3) is 0 Å². The summed E-state index contributed by atoms with van der Waals surface area (Å²) in [4.78, 5) is 29.6. The van der Waals surface area contributed by atoms with Crippen LogP contribution in [-0.2, 0) is 16.0 Å². The van der Waals surface area contributed by atoms with Crippen molar-refractivity contribution < 1.29 is 23.5 Å². The number of benzene rings is 1. The number of hydrogen-bond acceptors (Lipinski definition) is 6. The van der Waals surface area contributed by atoms with E-state index in [0.29, 0.717) is 35.3 Å². The minimum absolute atomic E-state index is 0.0329. The number of aromatic nitrogens is 1. The Balaban J connectivity index is 2.11. The molecule has 1 aromatic heterocycles. The molecule has 0 aliphatic carbocycles. The summed E-state index contributed by atoms with van der Waals surface area (Å²) in [6, 6.07) is 4.35. The van der Waals surface area contributed by atoms with Crippen LogP contribution in [0.5, 0.6) is 0 Å². The van der Waals surface area contributed by atoms with Crippen molar-refractivity contribution in [1.29, 1.82) is 0 Å². The van der Waals surface area contributed by atoms with Crippen LogP contribution in [-0.4, -0.2) is 49.3 Å². The maximum absolute atomic E-state index is 12.7. The maximum atomic E-state index is 12.7. The van der Waals surface area contributed by atoms with E-state index in [0.717, 1.165) is 0 Å². The third-order valence-electron chi connectivity index (χ3n) is 3.51. The first-order valence-corrected chi connectivity index (χ1v) is 8.72. The molecule has 10 heteroatoms. The third-order valence-corrected chi connectivity index (χ3v) is 4.06. The second kappa shape index (κ2) is 10.1. The highest BCUT2D eigenvalue weighted by atomic mass is 35.5. The van der Waals surface area contributed by atoms with E-state index in [4.69, 9.17) is 32.4 Å². The SMILES string of the molecule is COCCCN(Cc1nc(C(=O)OC)co1)C(=O)Nc1ccc(Cl)cc1Cl. The lowest BCUT2D eigenvalue weighted by Gasteiger charge is -2.22. The molecule has 0 radical (unpaired) electrons. The lowest BCUT2D eigenvalue weighted by molar-refractivity contribution is 0.0594. The summed E-state index contributed by atoms with van der Waals surface area (Å²) in [6.07, 6.45) is 1.78. The molecule has 0 unspecified atom stereocenters. The number of urea groups is 1. The van der Waals surface area contributed by atoms with E-state index in [1.807, 2.05) is 0 Å². The summed E-state index contributed by atoms with van der Waals surface area (Å²) in [5, 5.41) is 3.50. The van der Waals surface area contributed by atoms with Gasteiger partial charge in [-0.2, -0.15) is 0 Å². The monoisotopic (exact) mass is 415 g/mol. The first-order chi connectivity index (χ1) is 12.9. The van der Waals surface area contributed by atoms with Crippen LogP contribution in [0, 0.1) is 0 Å². The molecule has 0 bridgehead atoms. The van der Waals surface area contributed by atoms with Crippen molar-refractivity contribution in [1.82, 2.24) is 9.88 Å². The number of nitrogens with zero attached hydrogens (tertiary/aromatic N) is 2. The Kier molecular flexibility index (Phi) is 7.90. The van der Waals surface area contributed by atoms with Gasteiger partial charge in [0.15, 0.2) is 5.69 Å². The van der Waals surface area contributed by atoms with Gasteiger partial charge in [-0.3, -0.25) is 0 Å². The van der Waals surface area contributed by atoms with Crippen LogP contribution < -0.4 is 5.32 Å². The van der Waals surface area contributed by atoms with Crippen molar-refractivity contribution in [2.24, 2.45) is 0 Å². The Labute approximate surface area is 166 Å². The number of carbonyl (C=O) groups is 2. The normalized spacial score (nSPS) is 10.5. The molecule has 27 heavy (non-hydrogen) atoms. The molecule has 2 amide bonds. The van der Waals surface area contributed by atoms with E-state index < -0.39 is 12.0 Å². The first-order valence-electron chi connectivity index (χ1n) is 7.97. The largest absolute Gasteiger partial charge is 0.464 e. The van der Waals surface area contributed by atoms with Crippen molar-refractivity contribution >= 4 is 40.9 Å². The summed E-state index contributed by atoms with van der Waals surface area (Å²) < 4.78 is 14.9. The van der Waals surface area contributed by atoms with Gasteiger partial charge >= 0.3 is 12.0 Å². The molecule has 0 aliphatic rings. The average molecular weight is 416 g/mol. The number of nitrogens with one attached hydrogen (secondary N) is 1. The number of ether oxygens (including phenoxy) is 2. The highest BCUT2D eigenvalue weighted by Crippen LogP contribution is 2.25. The number of carbonyl (C=O) groups excluding carboxylic acids is 2. The number of anilines is 1. The molecule has 2 aromatic rings. The molecule has 8 nitrogen and oxygen atoms in total. The van der Waals surface area contributed by atoms with Crippen LogP contribution >= 0.6 is 23.2 Å². The minimum atomic E-state index is -0.617. The highest BCUT2D eigenvalue weighted by Gasteiger charge is 2.19. The van der Waals surface area contributed by atoms with Crippen molar-refractivity contribution in [3.63, 3.8) is 0 Å². The lowest BCUT2D eigenvalue weighted by Crippen LogP contribution is -2.36. The number of amides is 2. The van der Waals surface area contributed by atoms with Gasteiger partial charge in [-0.15, -0.1) is 0 Å². The summed E-state index contributed by atoms with van der Waals surface area (Å²) in [7, 11) is 2.83. The van der Waals surface area contributed by atoms with Gasteiger partial charge in [-0.25, -0.2) is 14.6 Å². The zero-order chi connectivity index (χ0) is 19.8. The molecule has 1 heterocycles. The topological polar surface area (TPSA) is 93.9 Å². The Morgan fingerprint density at radius 2 is 2.07 bits per heavy atom. The van der Waals surface area contributed by atoms with Gasteiger partial charge in [-0.05, 0) is 24.6 Å². The summed E-state index contributed by atoms with van der Waals surface area (Å²) in [5.74, 6) is -0.418. The Morgan fingerprint density at radius 1 is 1.30 bits per heavy atom. The van der Waals surface area contributed by atoms with Crippen molar-refractivity contribution in [3.8, 4) is 0 Å². The molecule has 2 rings (SSSR count). The zero-order valence-electron chi connectivity index (χ0n) is 14.8. The number of methoxy groups -OCH3 is 2. The molecule has 0 aliphatic heterocycles. The van der Waals surface area contributed by atoms with Crippen molar-refractivity contribution in [2.75, 3.05) is 32.7 Å². The van der Waals surface area contributed by atoms with Gasteiger partial charge in [0.05, 0.1) is 24.4 Å². The molecule has 0 saturated heterocycles. The van der Waals surface area contributed by atoms with Gasteiger partial charge in [0.1, 0.15) is 6.26 Å². The zero-order valence-corrected chi connectivity index (χ0v) is 16.3. The predicted molar refractivity (Wildman–Crippen MR) is 100 cm³/mol. The smallest absolute Gasteiger partial charge is 0.360 e. The second-order valence-corrected chi connectivity index (χ2v) is 6.28. The molecular formula is C17H19Cl2N3O5. The van der Waals surface area contributed by atoms with Crippen molar-refractivity contribution in [3.05, 3.63) is 46.1 Å². The first kappa shape index (κ1) is 21.0. The predicted octanol–water partition coefficient (Wildman–Crippen LogP) is 3.84. The van der Waals surface area contributed by atoms with E-state index in [-0.39, 0.29) is 18.1 Å². The van der Waals surface area contributed by atoms with Gasteiger partial charge in [-0.1, -0.05) is 23.2 Å². The van der Waals surface area contributed by atoms with E-state index in [1.54, 1.807) is 19.2 Å². The molecular weight excluding hydrogens is 397 g/mol. The number of halogens is 2. The minimum Gasteiger partial charge on any atom is -0.464 e. The Bertz CT molecular complexity index is 797. The Hall–Kier alpha value is -2.29. The summed E-state index contributed by atoms with van der Waals surface area (Å²) >= 11 is 12.0. The van der Waals surface area contributed by atoms with Crippen LogP contribution in [0.1, 0.15) is 22.8 Å². The second-order valence-electron chi connectivity index (χ2n) is 5.44. The van der Waals surface area contributed by atoms with Crippen LogP contribution in [0.3, 0.4) is 0 Å². The molecule has 0 fully saturated rings. The van der Waals surface area contributed by atoms with Gasteiger partial charge in [0, 0.05) is 25.3 Å². The maximum Gasteiger partial charge on any atom is 0.360 e. The molecule has 0 atom stereocenters. The molecule has 0 saturated carbocycles. The molecule has 1 aromatic carbocycles. The van der Waals surface area contributed by atoms with Crippen molar-refractivity contribution in [2.45, 2.75) is 13.0 Å². The van der Waals surface area contributed by atoms with Crippen LogP contribution in [0.4, 0.5) is 10.5 Å².